The highest BCUT2D eigenvalue weighted by Gasteiger charge is 2.10. The lowest BCUT2D eigenvalue weighted by Crippen LogP contribution is -2.27. The first-order valence-electron chi connectivity index (χ1n) is 4.67. The van der Waals surface area contributed by atoms with Gasteiger partial charge >= 0.3 is 0 Å². The van der Waals surface area contributed by atoms with Crippen molar-refractivity contribution in [1.82, 2.24) is 5.06 Å². The molecule has 0 aromatic heterocycles. The maximum Gasteiger partial charge on any atom is 0.293 e. The van der Waals surface area contributed by atoms with Crippen LogP contribution in [-0.4, -0.2) is 24.7 Å². The summed E-state index contributed by atoms with van der Waals surface area (Å²) in [6.07, 6.45) is 3.77. The third kappa shape index (κ3) is 2.28. The summed E-state index contributed by atoms with van der Waals surface area (Å²) in [4.78, 5) is 15.5. The highest BCUT2D eigenvalue weighted by molar-refractivity contribution is 5.58. The molecular weight excluding hydrogens is 194 g/mol. The van der Waals surface area contributed by atoms with E-state index in [4.69, 9.17) is 4.84 Å². The fraction of sp³-hybridized carbons (Fsp3) is 0.182. The van der Waals surface area contributed by atoms with E-state index in [2.05, 4.69) is 4.74 Å². The minimum absolute atomic E-state index is 0.315. The smallest absolute Gasteiger partial charge is 0.293 e. The van der Waals surface area contributed by atoms with Gasteiger partial charge in [-0.05, 0) is 12.1 Å². The predicted molar refractivity (Wildman–Crippen MR) is 54.8 cm³/mol. The summed E-state index contributed by atoms with van der Waals surface area (Å²) < 4.78 is 4.59. The summed E-state index contributed by atoms with van der Waals surface area (Å²) in [6, 6.07) is 7.74. The number of fused-ring (bicyclic) bond motifs is 1. The van der Waals surface area contributed by atoms with E-state index >= 15 is 0 Å². The van der Waals surface area contributed by atoms with Crippen LogP contribution >= 0.6 is 0 Å². The van der Waals surface area contributed by atoms with Crippen LogP contribution in [0.5, 0.6) is 5.75 Å². The van der Waals surface area contributed by atoms with Crippen molar-refractivity contribution in [3.63, 3.8) is 0 Å². The number of ether oxygens (including phenoxy) is 1. The van der Waals surface area contributed by atoms with E-state index < -0.39 is 0 Å². The molecule has 0 saturated heterocycles. The van der Waals surface area contributed by atoms with Crippen LogP contribution < -0.4 is 4.84 Å². The second kappa shape index (κ2) is 4.50. The van der Waals surface area contributed by atoms with Gasteiger partial charge in [0.15, 0.2) is 5.75 Å². The quantitative estimate of drug-likeness (QED) is 0.550. The third-order valence-corrected chi connectivity index (χ3v) is 2.05. The second-order valence-electron chi connectivity index (χ2n) is 3.05. The molecule has 0 aliphatic carbocycles. The Labute approximate surface area is 87.7 Å². The largest absolute Gasteiger partial charge is 0.466 e. The van der Waals surface area contributed by atoms with Crippen LogP contribution in [0.25, 0.3) is 6.08 Å². The molecule has 0 N–H and O–H groups in total. The number of hydrogen-bond donors (Lipinski definition) is 0. The highest BCUT2D eigenvalue weighted by atomic mass is 16.7. The average Bonchev–Trinajstić information content (AvgIpc) is 2.29. The Bertz CT molecular complexity index is 376. The molecule has 0 amide bonds. The lowest BCUT2D eigenvalue weighted by molar-refractivity contribution is -0.130. The molecule has 0 unspecified atom stereocenters. The van der Waals surface area contributed by atoms with Crippen LogP contribution in [0.3, 0.4) is 0 Å². The molecule has 0 saturated carbocycles. The summed E-state index contributed by atoms with van der Waals surface area (Å²) >= 11 is 0. The molecule has 0 radical (unpaired) electrons. The fourth-order valence-electron chi connectivity index (χ4n) is 1.33. The number of carbonyl (C=O) groups is 1. The highest BCUT2D eigenvalue weighted by Crippen LogP contribution is 2.24. The van der Waals surface area contributed by atoms with Gasteiger partial charge in [-0.15, -0.1) is 0 Å². The van der Waals surface area contributed by atoms with E-state index in [0.717, 1.165) is 11.3 Å². The lowest BCUT2D eigenvalue weighted by atomic mass is 10.2. The second-order valence-corrected chi connectivity index (χ2v) is 3.05. The molecule has 0 atom stereocenters. The summed E-state index contributed by atoms with van der Waals surface area (Å²) in [7, 11) is 0. The van der Waals surface area contributed by atoms with Crippen LogP contribution in [0, 0.1) is 0 Å². The number of para-hydroxylation sites is 1. The predicted octanol–water partition coefficient (Wildman–Crippen LogP) is 1.44. The standard InChI is InChI=1S/C11H11NO3/c13-9-14-8-7-12-6-5-10-3-1-2-4-11(10)15-12/h1-6,9H,7-8H2. The van der Waals surface area contributed by atoms with Gasteiger partial charge in [0.2, 0.25) is 0 Å². The van der Waals surface area contributed by atoms with Crippen LogP contribution in [0.15, 0.2) is 30.5 Å². The van der Waals surface area contributed by atoms with Gasteiger partial charge < -0.3 is 9.57 Å². The first-order chi connectivity index (χ1) is 7.40. The molecule has 78 valence electrons. The van der Waals surface area contributed by atoms with E-state index in [0.29, 0.717) is 19.6 Å². The normalized spacial score (nSPS) is 12.9. The Hall–Kier alpha value is -1.97. The molecule has 1 aliphatic rings. The molecule has 15 heavy (non-hydrogen) atoms. The Morgan fingerprint density at radius 3 is 3.13 bits per heavy atom. The minimum atomic E-state index is 0.315. The summed E-state index contributed by atoms with van der Waals surface area (Å²) in [6.45, 7) is 1.27. The topological polar surface area (TPSA) is 38.8 Å². The van der Waals surface area contributed by atoms with Gasteiger partial charge in [0.1, 0.15) is 6.61 Å². The fourth-order valence-corrected chi connectivity index (χ4v) is 1.33. The molecular formula is C11H11NO3. The van der Waals surface area contributed by atoms with Gasteiger partial charge in [-0.25, -0.2) is 5.06 Å². The van der Waals surface area contributed by atoms with E-state index in [1.807, 2.05) is 36.5 Å². The first-order valence-corrected chi connectivity index (χ1v) is 4.67. The average molecular weight is 205 g/mol. The molecule has 0 spiro atoms. The Morgan fingerprint density at radius 1 is 1.40 bits per heavy atom. The van der Waals surface area contributed by atoms with E-state index in [-0.39, 0.29) is 0 Å². The number of carbonyl (C=O) groups excluding carboxylic acids is 1. The Morgan fingerprint density at radius 2 is 2.27 bits per heavy atom. The SMILES string of the molecule is O=COCCN1C=Cc2ccccc2O1. The summed E-state index contributed by atoms with van der Waals surface area (Å²) in [5, 5.41) is 1.63. The van der Waals surface area contributed by atoms with Crippen molar-refractivity contribution in [3.05, 3.63) is 36.0 Å². The van der Waals surface area contributed by atoms with Gasteiger partial charge in [-0.1, -0.05) is 18.2 Å². The van der Waals surface area contributed by atoms with Crippen molar-refractivity contribution < 1.29 is 14.4 Å². The Balaban J connectivity index is 1.97. The van der Waals surface area contributed by atoms with Crippen LogP contribution in [0.4, 0.5) is 0 Å². The molecule has 0 fully saturated rings. The van der Waals surface area contributed by atoms with Gasteiger partial charge in [0.25, 0.3) is 6.47 Å². The minimum Gasteiger partial charge on any atom is -0.466 e. The third-order valence-electron chi connectivity index (χ3n) is 2.05. The molecule has 1 aromatic carbocycles. The zero-order valence-corrected chi connectivity index (χ0v) is 8.13. The van der Waals surface area contributed by atoms with Gasteiger partial charge in [-0.2, -0.15) is 0 Å². The van der Waals surface area contributed by atoms with Crippen molar-refractivity contribution in [3.8, 4) is 5.75 Å². The van der Waals surface area contributed by atoms with Crippen molar-refractivity contribution in [2.24, 2.45) is 0 Å². The number of hydroxylamine groups is 2. The number of rotatable bonds is 4. The van der Waals surface area contributed by atoms with E-state index in [1.54, 1.807) is 5.06 Å². The van der Waals surface area contributed by atoms with Crippen molar-refractivity contribution in [1.29, 1.82) is 0 Å². The van der Waals surface area contributed by atoms with E-state index in [1.165, 1.54) is 0 Å². The molecule has 4 heteroatoms. The van der Waals surface area contributed by atoms with Crippen LogP contribution in [-0.2, 0) is 9.53 Å². The molecule has 2 rings (SSSR count). The first kappa shape index (κ1) is 9.58. The number of hydrogen-bond acceptors (Lipinski definition) is 4. The number of benzene rings is 1. The van der Waals surface area contributed by atoms with Gasteiger partial charge in [0, 0.05) is 11.8 Å². The van der Waals surface area contributed by atoms with Crippen LogP contribution in [0.2, 0.25) is 0 Å². The Kier molecular flexibility index (Phi) is 2.88. The van der Waals surface area contributed by atoms with Crippen molar-refractivity contribution in [2.45, 2.75) is 0 Å². The molecule has 1 aromatic rings. The zero-order chi connectivity index (χ0) is 10.5. The van der Waals surface area contributed by atoms with E-state index in [9.17, 15) is 4.79 Å². The monoisotopic (exact) mass is 205 g/mol. The number of nitrogens with zero attached hydrogens (tertiary/aromatic N) is 1. The molecule has 1 heterocycles. The lowest BCUT2D eigenvalue weighted by Gasteiger charge is -2.24. The molecule has 4 nitrogen and oxygen atoms in total. The van der Waals surface area contributed by atoms with Gasteiger partial charge in [-0.3, -0.25) is 4.79 Å². The molecule has 0 bridgehead atoms. The molecule has 1 aliphatic heterocycles. The van der Waals surface area contributed by atoms with Gasteiger partial charge in [0.05, 0.1) is 6.54 Å². The van der Waals surface area contributed by atoms with Crippen molar-refractivity contribution in [2.75, 3.05) is 13.2 Å². The maximum atomic E-state index is 9.95. The zero-order valence-electron chi connectivity index (χ0n) is 8.13. The summed E-state index contributed by atoms with van der Waals surface area (Å²) in [5.41, 5.74) is 1.05. The summed E-state index contributed by atoms with van der Waals surface area (Å²) in [5.74, 6) is 0.811. The van der Waals surface area contributed by atoms with Crippen molar-refractivity contribution >= 4 is 12.5 Å². The van der Waals surface area contributed by atoms with Crippen LogP contribution in [0.1, 0.15) is 5.56 Å². The maximum absolute atomic E-state index is 9.95.